The topological polar surface area (TPSA) is 53.5 Å². The molecule has 1 aliphatic heterocycles. The van der Waals surface area contributed by atoms with Gasteiger partial charge in [-0.15, -0.1) is 11.3 Å². The molecule has 3 heterocycles. The third-order valence-corrected chi connectivity index (χ3v) is 7.84. The minimum Gasteiger partial charge on any atom is -0.338 e. The first-order chi connectivity index (χ1) is 15.6. The highest BCUT2D eigenvalue weighted by Gasteiger charge is 2.26. The molecule has 7 heteroatoms. The van der Waals surface area contributed by atoms with E-state index >= 15 is 0 Å². The molecule has 32 heavy (non-hydrogen) atoms. The highest BCUT2D eigenvalue weighted by Crippen LogP contribution is 2.35. The average Bonchev–Trinajstić information content (AvgIpc) is 3.45. The Hall–Kier alpha value is -3.03. The third kappa shape index (κ3) is 4.06. The summed E-state index contributed by atoms with van der Waals surface area (Å²) in [4.78, 5) is 36.0. The number of benzene rings is 2. The van der Waals surface area contributed by atoms with Crippen LogP contribution in [0.5, 0.6) is 0 Å². The normalized spacial score (nSPS) is 13.2. The molecule has 5 nitrogen and oxygen atoms in total. The van der Waals surface area contributed by atoms with Crippen LogP contribution in [0.1, 0.15) is 28.8 Å². The van der Waals surface area contributed by atoms with E-state index in [9.17, 15) is 9.59 Å². The first kappa shape index (κ1) is 20.8. The van der Waals surface area contributed by atoms with E-state index in [4.69, 9.17) is 4.98 Å². The highest BCUT2D eigenvalue weighted by molar-refractivity contribution is 7.22. The molecule has 0 N–H and O–H groups in total. The Kier molecular flexibility index (Phi) is 5.76. The van der Waals surface area contributed by atoms with Crippen molar-refractivity contribution in [1.29, 1.82) is 0 Å². The maximum atomic E-state index is 13.4. The number of hydrogen-bond acceptors (Lipinski definition) is 5. The molecule has 5 rings (SSSR count). The summed E-state index contributed by atoms with van der Waals surface area (Å²) in [6, 6.07) is 17.8. The molecular weight excluding hydrogens is 438 g/mol. The fourth-order valence-corrected chi connectivity index (χ4v) is 5.95. The summed E-state index contributed by atoms with van der Waals surface area (Å²) >= 11 is 3.25. The SMILES string of the molecule is Cc1ccccc1N(C(=O)CCC(=O)N1CCc2sccc2C1)c1nc2ccccc2s1. The summed E-state index contributed by atoms with van der Waals surface area (Å²) in [6.45, 7) is 3.35. The van der Waals surface area contributed by atoms with Crippen LogP contribution in [0.15, 0.2) is 60.0 Å². The van der Waals surface area contributed by atoms with Crippen molar-refractivity contribution in [2.45, 2.75) is 32.7 Å². The van der Waals surface area contributed by atoms with E-state index in [2.05, 4.69) is 11.4 Å². The van der Waals surface area contributed by atoms with Crippen LogP contribution in [0, 0.1) is 6.92 Å². The third-order valence-electron chi connectivity index (χ3n) is 5.79. The predicted molar refractivity (Wildman–Crippen MR) is 131 cm³/mol. The molecule has 2 aromatic carbocycles. The lowest BCUT2D eigenvalue weighted by molar-refractivity contribution is -0.133. The number of para-hydroxylation sites is 2. The van der Waals surface area contributed by atoms with Gasteiger partial charge in [0.2, 0.25) is 11.8 Å². The maximum absolute atomic E-state index is 13.4. The predicted octanol–water partition coefficient (Wildman–Crippen LogP) is 5.70. The van der Waals surface area contributed by atoms with Crippen molar-refractivity contribution in [3.8, 4) is 0 Å². The zero-order chi connectivity index (χ0) is 22.1. The Morgan fingerprint density at radius 2 is 1.88 bits per heavy atom. The van der Waals surface area contributed by atoms with Crippen molar-refractivity contribution in [3.63, 3.8) is 0 Å². The van der Waals surface area contributed by atoms with Crippen molar-refractivity contribution in [2.24, 2.45) is 0 Å². The number of thiazole rings is 1. The van der Waals surface area contributed by atoms with Gasteiger partial charge in [-0.2, -0.15) is 0 Å². The molecule has 2 amide bonds. The van der Waals surface area contributed by atoms with Gasteiger partial charge < -0.3 is 4.90 Å². The van der Waals surface area contributed by atoms with Gasteiger partial charge in [-0.25, -0.2) is 4.98 Å². The number of anilines is 2. The average molecular weight is 462 g/mol. The van der Waals surface area contributed by atoms with E-state index in [-0.39, 0.29) is 24.7 Å². The van der Waals surface area contributed by atoms with Crippen LogP contribution < -0.4 is 4.90 Å². The van der Waals surface area contributed by atoms with Crippen molar-refractivity contribution >= 4 is 55.5 Å². The van der Waals surface area contributed by atoms with Gasteiger partial charge in [0.05, 0.1) is 15.9 Å². The van der Waals surface area contributed by atoms with Gasteiger partial charge >= 0.3 is 0 Å². The highest BCUT2D eigenvalue weighted by atomic mass is 32.1. The molecule has 0 saturated heterocycles. The number of rotatable bonds is 5. The monoisotopic (exact) mass is 461 g/mol. The lowest BCUT2D eigenvalue weighted by atomic mass is 10.1. The van der Waals surface area contributed by atoms with Crippen molar-refractivity contribution in [3.05, 3.63) is 76.0 Å². The summed E-state index contributed by atoms with van der Waals surface area (Å²) < 4.78 is 1.03. The van der Waals surface area contributed by atoms with Crippen LogP contribution in [0.3, 0.4) is 0 Å². The number of hydrogen-bond donors (Lipinski definition) is 0. The Morgan fingerprint density at radius 3 is 2.72 bits per heavy atom. The molecule has 0 aliphatic carbocycles. The van der Waals surface area contributed by atoms with Gasteiger partial charge in [0.1, 0.15) is 0 Å². The van der Waals surface area contributed by atoms with E-state index in [1.807, 2.05) is 60.4 Å². The summed E-state index contributed by atoms with van der Waals surface area (Å²) in [5.41, 5.74) is 3.91. The second kappa shape index (κ2) is 8.84. The van der Waals surface area contributed by atoms with Gasteiger partial charge in [0.25, 0.3) is 0 Å². The Labute approximate surface area is 194 Å². The van der Waals surface area contributed by atoms with E-state index in [1.165, 1.54) is 21.8 Å². The largest absolute Gasteiger partial charge is 0.338 e. The number of nitrogens with zero attached hydrogens (tertiary/aromatic N) is 3. The number of aromatic nitrogens is 1. The number of aryl methyl sites for hydroxylation is 1. The number of amides is 2. The van der Waals surface area contributed by atoms with Crippen LogP contribution in [0.2, 0.25) is 0 Å². The lowest BCUT2D eigenvalue weighted by Crippen LogP contribution is -2.36. The van der Waals surface area contributed by atoms with Crippen LogP contribution in [-0.2, 0) is 22.6 Å². The molecule has 0 spiro atoms. The van der Waals surface area contributed by atoms with Crippen molar-refractivity contribution < 1.29 is 9.59 Å². The van der Waals surface area contributed by atoms with Crippen LogP contribution >= 0.6 is 22.7 Å². The fraction of sp³-hybridized carbons (Fsp3) is 0.240. The standard InChI is InChI=1S/C25H23N3O2S2/c1-17-6-2-4-8-20(17)28(25-26-19-7-3-5-9-22(19)32-25)24(30)11-10-23(29)27-14-12-21-18(16-27)13-15-31-21/h2-9,13,15H,10-12,14,16H2,1H3. The Bertz CT molecular complexity index is 1260. The van der Waals surface area contributed by atoms with Gasteiger partial charge in [0, 0.05) is 30.8 Å². The van der Waals surface area contributed by atoms with E-state index in [1.54, 1.807) is 16.2 Å². The summed E-state index contributed by atoms with van der Waals surface area (Å²) in [5.74, 6) is -0.0795. The molecule has 0 bridgehead atoms. The molecule has 0 radical (unpaired) electrons. The fourth-order valence-electron chi connectivity index (χ4n) is 4.06. The van der Waals surface area contributed by atoms with E-state index in [0.29, 0.717) is 11.7 Å². The number of fused-ring (bicyclic) bond motifs is 2. The van der Waals surface area contributed by atoms with Crippen LogP contribution in [0.25, 0.3) is 10.2 Å². The molecule has 0 atom stereocenters. The Balaban J connectivity index is 1.36. The summed E-state index contributed by atoms with van der Waals surface area (Å²) in [7, 11) is 0. The summed E-state index contributed by atoms with van der Waals surface area (Å²) in [6.07, 6.45) is 1.25. The van der Waals surface area contributed by atoms with Crippen LogP contribution in [-0.4, -0.2) is 28.2 Å². The van der Waals surface area contributed by atoms with Gasteiger partial charge in [-0.3, -0.25) is 14.5 Å². The Morgan fingerprint density at radius 1 is 1.06 bits per heavy atom. The molecule has 4 aromatic rings. The van der Waals surface area contributed by atoms with Gasteiger partial charge in [-0.05, 0) is 54.1 Å². The smallest absolute Gasteiger partial charge is 0.233 e. The molecule has 162 valence electrons. The van der Waals surface area contributed by atoms with E-state index in [0.717, 1.165) is 34.4 Å². The minimum atomic E-state index is -0.111. The second-order valence-corrected chi connectivity index (χ2v) is 9.92. The maximum Gasteiger partial charge on any atom is 0.233 e. The molecule has 0 unspecified atom stereocenters. The molecule has 1 aliphatic rings. The molecule has 0 saturated carbocycles. The van der Waals surface area contributed by atoms with Crippen LogP contribution in [0.4, 0.5) is 10.8 Å². The zero-order valence-corrected chi connectivity index (χ0v) is 19.4. The molecule has 0 fully saturated rings. The molecular formula is C25H23N3O2S2. The van der Waals surface area contributed by atoms with Crippen molar-refractivity contribution in [2.75, 3.05) is 11.4 Å². The summed E-state index contributed by atoms with van der Waals surface area (Å²) in [5, 5.41) is 2.72. The lowest BCUT2D eigenvalue weighted by Gasteiger charge is -2.27. The first-order valence-corrected chi connectivity index (χ1v) is 12.4. The number of carbonyl (C=O) groups is 2. The zero-order valence-electron chi connectivity index (χ0n) is 17.8. The van der Waals surface area contributed by atoms with Gasteiger partial charge in [-0.1, -0.05) is 41.7 Å². The quantitative estimate of drug-likeness (QED) is 0.383. The minimum absolute atomic E-state index is 0.0317. The van der Waals surface area contributed by atoms with E-state index < -0.39 is 0 Å². The second-order valence-electron chi connectivity index (χ2n) is 7.91. The molecule has 2 aromatic heterocycles. The van der Waals surface area contributed by atoms with Gasteiger partial charge in [0.15, 0.2) is 5.13 Å². The number of thiophene rings is 1. The first-order valence-electron chi connectivity index (χ1n) is 10.7. The number of carbonyl (C=O) groups excluding carboxylic acids is 2. The van der Waals surface area contributed by atoms with Crippen molar-refractivity contribution in [1.82, 2.24) is 9.88 Å².